The van der Waals surface area contributed by atoms with Gasteiger partial charge >= 0.3 is 0 Å². The molecule has 0 spiro atoms. The molecule has 0 bridgehead atoms. The van der Waals surface area contributed by atoms with E-state index in [1.54, 1.807) is 0 Å². The Morgan fingerprint density at radius 2 is 2.22 bits per heavy atom. The third-order valence-electron chi connectivity index (χ3n) is 3.53. The minimum Gasteiger partial charge on any atom is -0.354 e. The second-order valence-electron chi connectivity index (χ2n) is 5.15. The molecule has 1 saturated carbocycles. The predicted octanol–water partition coefficient (Wildman–Crippen LogP) is 3.13. The van der Waals surface area contributed by atoms with Gasteiger partial charge in [0.1, 0.15) is 5.82 Å². The number of hydrogen-bond acceptors (Lipinski definition) is 3. The van der Waals surface area contributed by atoms with Crippen molar-refractivity contribution < 1.29 is 0 Å². The van der Waals surface area contributed by atoms with Crippen LogP contribution in [0.5, 0.6) is 0 Å². The second-order valence-corrected chi connectivity index (χ2v) is 5.15. The lowest BCUT2D eigenvalue weighted by molar-refractivity contribution is 0.597. The largest absolute Gasteiger partial charge is 0.354 e. The van der Waals surface area contributed by atoms with Crippen LogP contribution >= 0.6 is 0 Å². The van der Waals surface area contributed by atoms with Gasteiger partial charge in [0, 0.05) is 24.8 Å². The Morgan fingerprint density at radius 3 is 2.83 bits per heavy atom. The summed E-state index contributed by atoms with van der Waals surface area (Å²) in [6.07, 6.45) is 5.79. The molecule has 0 aliphatic heterocycles. The van der Waals surface area contributed by atoms with Crippen LogP contribution in [0.15, 0.2) is 18.3 Å². The fourth-order valence-corrected chi connectivity index (χ4v) is 2.40. The zero-order valence-corrected chi connectivity index (χ0v) is 11.8. The Hall–Kier alpha value is -1.09. The fourth-order valence-electron chi connectivity index (χ4n) is 2.40. The van der Waals surface area contributed by atoms with Crippen molar-refractivity contribution >= 4 is 5.82 Å². The van der Waals surface area contributed by atoms with Gasteiger partial charge in [0.05, 0.1) is 0 Å². The Bertz CT molecular complexity index is 374. The first-order chi connectivity index (χ1) is 8.76. The quantitative estimate of drug-likeness (QED) is 0.802. The summed E-state index contributed by atoms with van der Waals surface area (Å²) in [6, 6.07) is 5.51. The molecular formula is C15H25N3. The van der Waals surface area contributed by atoms with Crippen molar-refractivity contribution in [3.05, 3.63) is 23.9 Å². The van der Waals surface area contributed by atoms with E-state index in [1.807, 2.05) is 6.20 Å². The first-order valence-electron chi connectivity index (χ1n) is 7.22. The molecule has 3 nitrogen and oxygen atoms in total. The summed E-state index contributed by atoms with van der Waals surface area (Å²) in [4.78, 5) is 7.03. The average Bonchev–Trinajstić information content (AvgIpc) is 3.21. The Labute approximate surface area is 111 Å². The van der Waals surface area contributed by atoms with Crippen molar-refractivity contribution in [1.82, 2.24) is 10.3 Å². The molecule has 1 aromatic rings. The summed E-state index contributed by atoms with van der Waals surface area (Å²) in [6.45, 7) is 8.72. The molecule has 1 heterocycles. The van der Waals surface area contributed by atoms with Crippen LogP contribution in [0.4, 0.5) is 5.82 Å². The fraction of sp³-hybridized carbons (Fsp3) is 0.667. The molecular weight excluding hydrogens is 222 g/mol. The van der Waals surface area contributed by atoms with E-state index in [0.29, 0.717) is 6.04 Å². The molecule has 0 radical (unpaired) electrons. The molecule has 0 aromatic carbocycles. The van der Waals surface area contributed by atoms with E-state index >= 15 is 0 Å². The molecule has 1 aliphatic rings. The molecule has 1 aromatic heterocycles. The van der Waals surface area contributed by atoms with Crippen molar-refractivity contribution in [2.24, 2.45) is 0 Å². The number of nitrogens with one attached hydrogen (secondary N) is 1. The molecule has 1 unspecified atom stereocenters. The van der Waals surface area contributed by atoms with Crippen molar-refractivity contribution in [3.8, 4) is 0 Å². The molecule has 1 fully saturated rings. The van der Waals surface area contributed by atoms with Crippen molar-refractivity contribution in [1.29, 1.82) is 0 Å². The minimum atomic E-state index is 0.402. The summed E-state index contributed by atoms with van der Waals surface area (Å²) >= 11 is 0. The van der Waals surface area contributed by atoms with E-state index in [4.69, 9.17) is 0 Å². The van der Waals surface area contributed by atoms with Gasteiger partial charge in [-0.15, -0.1) is 0 Å². The Morgan fingerprint density at radius 1 is 1.44 bits per heavy atom. The lowest BCUT2D eigenvalue weighted by atomic mass is 10.1. The van der Waals surface area contributed by atoms with E-state index < -0.39 is 0 Å². The van der Waals surface area contributed by atoms with Crippen LogP contribution in [-0.2, 0) is 0 Å². The van der Waals surface area contributed by atoms with Crippen LogP contribution in [-0.4, -0.2) is 24.1 Å². The summed E-state index contributed by atoms with van der Waals surface area (Å²) in [5.74, 6) is 1.15. The molecule has 1 aliphatic carbocycles. The van der Waals surface area contributed by atoms with Crippen LogP contribution in [0, 0.1) is 0 Å². The number of anilines is 1. The number of aromatic nitrogens is 1. The van der Waals surface area contributed by atoms with Crippen molar-refractivity contribution in [2.75, 3.05) is 18.0 Å². The van der Waals surface area contributed by atoms with E-state index in [9.17, 15) is 0 Å². The van der Waals surface area contributed by atoms with Crippen molar-refractivity contribution in [3.63, 3.8) is 0 Å². The van der Waals surface area contributed by atoms with Gasteiger partial charge in [0.25, 0.3) is 0 Å². The molecule has 1 N–H and O–H groups in total. The number of rotatable bonds is 7. The van der Waals surface area contributed by atoms with Crippen LogP contribution in [0.25, 0.3) is 0 Å². The third kappa shape index (κ3) is 3.22. The Kier molecular flexibility index (Phi) is 4.59. The van der Waals surface area contributed by atoms with Gasteiger partial charge in [0.15, 0.2) is 0 Å². The lowest BCUT2D eigenvalue weighted by Crippen LogP contribution is -2.27. The number of nitrogens with zero attached hydrogens (tertiary/aromatic N) is 2. The summed E-state index contributed by atoms with van der Waals surface area (Å²) in [7, 11) is 0. The van der Waals surface area contributed by atoms with Gasteiger partial charge in [-0.2, -0.15) is 0 Å². The van der Waals surface area contributed by atoms with Gasteiger partial charge in [-0.1, -0.05) is 13.8 Å². The topological polar surface area (TPSA) is 28.2 Å². The van der Waals surface area contributed by atoms with Crippen LogP contribution in [0.2, 0.25) is 0 Å². The van der Waals surface area contributed by atoms with Gasteiger partial charge in [0.2, 0.25) is 0 Å². The van der Waals surface area contributed by atoms with E-state index in [1.165, 1.54) is 24.8 Å². The molecule has 18 heavy (non-hydrogen) atoms. The minimum absolute atomic E-state index is 0.402. The number of pyridine rings is 1. The maximum absolute atomic E-state index is 4.56. The highest BCUT2D eigenvalue weighted by Crippen LogP contribution is 2.31. The monoisotopic (exact) mass is 247 g/mol. The summed E-state index contributed by atoms with van der Waals surface area (Å²) in [5.41, 5.74) is 1.34. The maximum atomic E-state index is 4.56. The van der Waals surface area contributed by atoms with Crippen molar-refractivity contribution in [2.45, 2.75) is 52.1 Å². The zero-order valence-electron chi connectivity index (χ0n) is 11.8. The lowest BCUT2D eigenvalue weighted by Gasteiger charge is -2.24. The Balaban J connectivity index is 2.14. The highest BCUT2D eigenvalue weighted by molar-refractivity contribution is 5.44. The first-order valence-corrected chi connectivity index (χ1v) is 7.22. The SMILES string of the molecule is CCCN(c1cc(C(C)NCC)ccn1)C1CC1. The number of hydrogen-bond donors (Lipinski definition) is 1. The maximum Gasteiger partial charge on any atom is 0.129 e. The molecule has 2 rings (SSSR count). The first kappa shape index (κ1) is 13.3. The molecule has 3 heteroatoms. The average molecular weight is 247 g/mol. The summed E-state index contributed by atoms with van der Waals surface area (Å²) < 4.78 is 0. The highest BCUT2D eigenvalue weighted by atomic mass is 15.2. The standard InChI is InChI=1S/C15H25N3/c1-4-10-18(14-6-7-14)15-11-13(8-9-17-15)12(3)16-5-2/h8-9,11-12,14,16H,4-7,10H2,1-3H3. The van der Waals surface area contributed by atoms with E-state index in [2.05, 4.69) is 48.1 Å². The van der Waals surface area contributed by atoms with Crippen LogP contribution < -0.4 is 10.2 Å². The zero-order chi connectivity index (χ0) is 13.0. The second kappa shape index (κ2) is 6.19. The van der Waals surface area contributed by atoms with E-state index in [-0.39, 0.29) is 0 Å². The van der Waals surface area contributed by atoms with Gasteiger partial charge < -0.3 is 10.2 Å². The van der Waals surface area contributed by atoms with Gasteiger partial charge in [-0.05, 0) is 50.4 Å². The molecule has 0 amide bonds. The van der Waals surface area contributed by atoms with E-state index in [0.717, 1.165) is 24.9 Å². The van der Waals surface area contributed by atoms with Gasteiger partial charge in [-0.25, -0.2) is 4.98 Å². The summed E-state index contributed by atoms with van der Waals surface area (Å²) in [5, 5.41) is 3.46. The van der Waals surface area contributed by atoms with Gasteiger partial charge in [-0.3, -0.25) is 0 Å². The third-order valence-corrected chi connectivity index (χ3v) is 3.53. The normalized spacial score (nSPS) is 16.6. The predicted molar refractivity (Wildman–Crippen MR) is 77.0 cm³/mol. The molecule has 1 atom stereocenters. The molecule has 0 saturated heterocycles. The molecule has 100 valence electrons. The highest BCUT2D eigenvalue weighted by Gasteiger charge is 2.29. The van der Waals surface area contributed by atoms with Crippen LogP contribution in [0.1, 0.15) is 51.6 Å². The smallest absolute Gasteiger partial charge is 0.129 e. The van der Waals surface area contributed by atoms with Crippen LogP contribution in [0.3, 0.4) is 0 Å².